The van der Waals surface area contributed by atoms with Gasteiger partial charge in [-0.05, 0) is 31.9 Å². The zero-order chi connectivity index (χ0) is 21.3. The fourth-order valence-electron chi connectivity index (χ4n) is 3.07. The molecule has 1 aliphatic heterocycles. The molecule has 2 N–H and O–H groups in total. The molecule has 0 unspecified atom stereocenters. The van der Waals surface area contributed by atoms with Crippen LogP contribution >= 0.6 is 35.6 Å². The van der Waals surface area contributed by atoms with E-state index in [0.29, 0.717) is 24.7 Å². The summed E-state index contributed by atoms with van der Waals surface area (Å²) < 4.78 is 43.3. The van der Waals surface area contributed by atoms with Crippen LogP contribution in [0, 0.1) is 0 Å². The zero-order valence-corrected chi connectivity index (χ0v) is 20.4. The summed E-state index contributed by atoms with van der Waals surface area (Å²) in [5.41, 5.74) is -0.904. The van der Waals surface area contributed by atoms with Crippen molar-refractivity contribution in [2.75, 3.05) is 39.8 Å². The van der Waals surface area contributed by atoms with Gasteiger partial charge in [-0.25, -0.2) is 4.98 Å². The number of piperidine rings is 1. The Balaban J connectivity index is 0.00000450. The molecule has 6 nitrogen and oxygen atoms in total. The van der Waals surface area contributed by atoms with E-state index >= 15 is 0 Å². The first kappa shape index (κ1) is 27.0. The van der Waals surface area contributed by atoms with Crippen molar-refractivity contribution in [3.63, 3.8) is 0 Å². The maximum atomic E-state index is 12.6. The summed E-state index contributed by atoms with van der Waals surface area (Å²) in [6.45, 7) is 6.12. The molecule has 30 heavy (non-hydrogen) atoms. The van der Waals surface area contributed by atoms with E-state index in [1.54, 1.807) is 7.05 Å². The summed E-state index contributed by atoms with van der Waals surface area (Å²) in [7, 11) is 1.70. The number of alkyl halides is 3. The van der Waals surface area contributed by atoms with Crippen molar-refractivity contribution in [1.82, 2.24) is 20.5 Å². The number of nitrogens with zero attached hydrogens (tertiary/aromatic N) is 3. The fourth-order valence-corrected chi connectivity index (χ4v) is 3.30. The van der Waals surface area contributed by atoms with E-state index in [-0.39, 0.29) is 41.5 Å². The number of hydrogen-bond acceptors (Lipinski definition) is 4. The average Bonchev–Trinajstić information content (AvgIpc) is 2.69. The third-order valence-corrected chi connectivity index (χ3v) is 5.02. The van der Waals surface area contributed by atoms with Crippen LogP contribution in [0.25, 0.3) is 0 Å². The van der Waals surface area contributed by atoms with Gasteiger partial charge in [-0.2, -0.15) is 13.2 Å². The number of hydrogen-bond donors (Lipinski definition) is 2. The molecule has 2 rings (SSSR count). The standard InChI is InChI=1S/C19H29ClF3N5O.HI/c1-3-4-8-28-9-5-15(6-10-28)27-18(24-2)25-7-11-29-17-16(20)12-14(13-26-17)19(21,22)23;/h12-13,15H,3-11H2,1-2H3,(H2,24,25,27);1H. The van der Waals surface area contributed by atoms with Gasteiger partial charge in [-0.3, -0.25) is 4.99 Å². The second-order valence-electron chi connectivity index (χ2n) is 6.97. The molecule has 0 aliphatic carbocycles. The van der Waals surface area contributed by atoms with E-state index in [2.05, 4.69) is 32.4 Å². The van der Waals surface area contributed by atoms with Crippen LogP contribution in [0.5, 0.6) is 5.88 Å². The Labute approximate surface area is 198 Å². The quantitative estimate of drug-likeness (QED) is 0.215. The van der Waals surface area contributed by atoms with Gasteiger partial charge in [-0.15, -0.1) is 24.0 Å². The number of likely N-dealkylation sites (tertiary alicyclic amines) is 1. The van der Waals surface area contributed by atoms with Gasteiger partial charge in [0.15, 0.2) is 5.96 Å². The molecule has 172 valence electrons. The third kappa shape index (κ3) is 9.01. The maximum Gasteiger partial charge on any atom is 0.417 e. The number of pyridine rings is 1. The predicted molar refractivity (Wildman–Crippen MR) is 124 cm³/mol. The van der Waals surface area contributed by atoms with Crippen molar-refractivity contribution >= 4 is 41.5 Å². The molecule has 0 amide bonds. The summed E-state index contributed by atoms with van der Waals surface area (Å²) in [5, 5.41) is 6.37. The van der Waals surface area contributed by atoms with Gasteiger partial charge in [0, 0.05) is 32.4 Å². The number of aromatic nitrogens is 1. The van der Waals surface area contributed by atoms with Crippen molar-refractivity contribution in [1.29, 1.82) is 0 Å². The van der Waals surface area contributed by atoms with Crippen molar-refractivity contribution < 1.29 is 17.9 Å². The lowest BCUT2D eigenvalue weighted by Gasteiger charge is -2.33. The number of guanidine groups is 1. The Morgan fingerprint density at radius 3 is 2.63 bits per heavy atom. The van der Waals surface area contributed by atoms with Gasteiger partial charge in [0.2, 0.25) is 5.88 Å². The highest BCUT2D eigenvalue weighted by Gasteiger charge is 2.31. The first-order chi connectivity index (χ1) is 13.8. The molecular weight excluding hydrogens is 534 g/mol. The van der Waals surface area contributed by atoms with Gasteiger partial charge in [-0.1, -0.05) is 24.9 Å². The third-order valence-electron chi connectivity index (χ3n) is 4.75. The first-order valence-electron chi connectivity index (χ1n) is 9.88. The highest BCUT2D eigenvalue weighted by Crippen LogP contribution is 2.32. The average molecular weight is 564 g/mol. The van der Waals surface area contributed by atoms with Crippen LogP contribution in [-0.2, 0) is 6.18 Å². The van der Waals surface area contributed by atoms with Crippen molar-refractivity contribution in [2.45, 2.75) is 44.8 Å². The number of ether oxygens (including phenoxy) is 1. The topological polar surface area (TPSA) is 61.8 Å². The monoisotopic (exact) mass is 563 g/mol. The van der Waals surface area contributed by atoms with Crippen LogP contribution in [-0.4, -0.2) is 61.7 Å². The predicted octanol–water partition coefficient (Wildman–Crippen LogP) is 4.18. The lowest BCUT2D eigenvalue weighted by atomic mass is 10.0. The van der Waals surface area contributed by atoms with Crippen LogP contribution < -0.4 is 15.4 Å². The Morgan fingerprint density at radius 1 is 1.37 bits per heavy atom. The van der Waals surface area contributed by atoms with Gasteiger partial charge >= 0.3 is 6.18 Å². The molecule has 11 heteroatoms. The number of unbranched alkanes of at least 4 members (excludes halogenated alkanes) is 1. The molecule has 0 saturated carbocycles. The molecule has 0 atom stereocenters. The van der Waals surface area contributed by atoms with Crippen molar-refractivity contribution in [2.24, 2.45) is 4.99 Å². The summed E-state index contributed by atoms with van der Waals surface area (Å²) in [5.74, 6) is 0.649. The minimum atomic E-state index is -4.49. The van der Waals surface area contributed by atoms with E-state index < -0.39 is 11.7 Å². The molecule has 0 bridgehead atoms. The fraction of sp³-hybridized carbons (Fsp3) is 0.684. The first-order valence-corrected chi connectivity index (χ1v) is 10.3. The summed E-state index contributed by atoms with van der Waals surface area (Å²) in [4.78, 5) is 10.4. The Hall–Kier alpha value is -1.01. The summed E-state index contributed by atoms with van der Waals surface area (Å²) in [6, 6.07) is 1.18. The molecule has 1 aromatic rings. The number of nitrogens with one attached hydrogen (secondary N) is 2. The molecule has 1 fully saturated rings. The molecule has 0 aromatic carbocycles. The SMILES string of the molecule is CCCCN1CCC(NC(=NC)NCCOc2ncc(C(F)(F)F)cc2Cl)CC1.I. The Kier molecular flexibility index (Phi) is 12.1. The lowest BCUT2D eigenvalue weighted by Crippen LogP contribution is -2.49. The van der Waals surface area contributed by atoms with E-state index in [0.717, 1.165) is 38.5 Å². The number of aliphatic imine (C=N–C) groups is 1. The normalized spacial score (nSPS) is 16.1. The molecule has 1 saturated heterocycles. The van der Waals surface area contributed by atoms with Crippen LogP contribution in [0.3, 0.4) is 0 Å². The van der Waals surface area contributed by atoms with E-state index in [1.807, 2.05) is 0 Å². The zero-order valence-electron chi connectivity index (χ0n) is 17.3. The smallest absolute Gasteiger partial charge is 0.417 e. The Morgan fingerprint density at radius 2 is 2.07 bits per heavy atom. The molecule has 0 spiro atoms. The van der Waals surface area contributed by atoms with Gasteiger partial charge in [0.25, 0.3) is 0 Å². The van der Waals surface area contributed by atoms with E-state index in [4.69, 9.17) is 16.3 Å². The molecular formula is C19H30ClF3IN5O. The highest BCUT2D eigenvalue weighted by atomic mass is 127. The Bertz CT molecular complexity index is 670. The van der Waals surface area contributed by atoms with Gasteiger partial charge < -0.3 is 20.3 Å². The molecule has 1 aliphatic rings. The van der Waals surface area contributed by atoms with E-state index in [9.17, 15) is 13.2 Å². The summed E-state index contributed by atoms with van der Waals surface area (Å²) >= 11 is 5.83. The maximum absolute atomic E-state index is 12.6. The van der Waals surface area contributed by atoms with E-state index in [1.165, 1.54) is 12.8 Å². The second-order valence-corrected chi connectivity index (χ2v) is 7.38. The van der Waals surface area contributed by atoms with Crippen LogP contribution in [0.4, 0.5) is 13.2 Å². The molecule has 2 heterocycles. The minimum Gasteiger partial charge on any atom is -0.475 e. The number of halogens is 5. The molecule has 1 aromatic heterocycles. The second kappa shape index (κ2) is 13.4. The van der Waals surface area contributed by atoms with Crippen LogP contribution in [0.1, 0.15) is 38.2 Å². The van der Waals surface area contributed by atoms with Crippen LogP contribution in [0.15, 0.2) is 17.3 Å². The number of rotatable bonds is 8. The van der Waals surface area contributed by atoms with Gasteiger partial charge in [0.05, 0.1) is 12.1 Å². The molecule has 0 radical (unpaired) electrons. The van der Waals surface area contributed by atoms with Crippen LogP contribution in [0.2, 0.25) is 5.02 Å². The van der Waals surface area contributed by atoms with Crippen molar-refractivity contribution in [3.8, 4) is 5.88 Å². The lowest BCUT2D eigenvalue weighted by molar-refractivity contribution is -0.137. The summed E-state index contributed by atoms with van der Waals surface area (Å²) in [6.07, 6.45) is 0.796. The minimum absolute atomic E-state index is 0. The van der Waals surface area contributed by atoms with Gasteiger partial charge in [0.1, 0.15) is 11.6 Å². The van der Waals surface area contributed by atoms with Crippen molar-refractivity contribution in [3.05, 3.63) is 22.8 Å². The largest absolute Gasteiger partial charge is 0.475 e. The highest BCUT2D eigenvalue weighted by molar-refractivity contribution is 14.0.